The fraction of sp³-hybridized carbons (Fsp3) is 0.265. The molecule has 6 rings (SSSR count). The lowest BCUT2D eigenvalue weighted by molar-refractivity contribution is -0.121. The number of hydrogen-bond acceptors (Lipinski definition) is 9. The molecule has 6 amide bonds. The standard InChI is InChI=1S/C34H30N4O9/c1-17-10-28(39)37(32(17)43)21-12-20(13-22(15-21)38-29(40)11-18(2)33(38)44)30(41)35-25-6-4-5-7-26(25)36-31(42)24-14-19-8-9-23(46-3)16-27(19)47-34(24)45/h8-16,25-26H,4-7H2,1-3H3,(H,35,41)(H,36,42)/t25-,26+/m0/s1. The van der Waals surface area contributed by atoms with E-state index in [1.165, 1.54) is 45.2 Å². The number of imide groups is 2. The molecule has 2 atom stereocenters. The molecule has 47 heavy (non-hydrogen) atoms. The number of methoxy groups -OCH3 is 1. The van der Waals surface area contributed by atoms with Crippen molar-refractivity contribution >= 4 is 57.8 Å². The first-order chi connectivity index (χ1) is 22.4. The number of carbonyl (C=O) groups excluding carboxylic acids is 6. The number of rotatable bonds is 7. The first-order valence-corrected chi connectivity index (χ1v) is 15.0. The van der Waals surface area contributed by atoms with Crippen LogP contribution in [0.5, 0.6) is 5.75 Å². The molecule has 0 radical (unpaired) electrons. The second-order valence-electron chi connectivity index (χ2n) is 11.6. The Kier molecular flexibility index (Phi) is 8.06. The van der Waals surface area contributed by atoms with E-state index in [0.717, 1.165) is 34.8 Å². The van der Waals surface area contributed by atoms with E-state index in [4.69, 9.17) is 9.15 Å². The predicted molar refractivity (Wildman–Crippen MR) is 169 cm³/mol. The third-order valence-electron chi connectivity index (χ3n) is 8.47. The minimum Gasteiger partial charge on any atom is -0.497 e. The van der Waals surface area contributed by atoms with Crippen molar-refractivity contribution in [3.8, 4) is 5.75 Å². The van der Waals surface area contributed by atoms with Crippen LogP contribution >= 0.6 is 0 Å². The van der Waals surface area contributed by atoms with E-state index in [0.29, 0.717) is 24.0 Å². The second kappa shape index (κ2) is 12.2. The molecule has 0 spiro atoms. The van der Waals surface area contributed by atoms with Gasteiger partial charge in [-0.15, -0.1) is 0 Å². The molecule has 2 aromatic carbocycles. The molecular formula is C34H30N4O9. The highest BCUT2D eigenvalue weighted by Gasteiger charge is 2.35. The van der Waals surface area contributed by atoms with Gasteiger partial charge in [0.15, 0.2) is 0 Å². The molecule has 13 nitrogen and oxygen atoms in total. The Balaban J connectivity index is 1.27. The highest BCUT2D eigenvalue weighted by Crippen LogP contribution is 2.32. The van der Waals surface area contributed by atoms with Crippen LogP contribution in [0, 0.1) is 0 Å². The molecule has 0 bridgehead atoms. The molecule has 3 aromatic rings. The van der Waals surface area contributed by atoms with E-state index in [2.05, 4.69) is 10.6 Å². The number of nitrogens with one attached hydrogen (secondary N) is 2. The zero-order valence-electron chi connectivity index (χ0n) is 25.7. The van der Waals surface area contributed by atoms with Gasteiger partial charge in [-0.05, 0) is 63.1 Å². The lowest BCUT2D eigenvalue weighted by Crippen LogP contribution is -2.53. The number of benzene rings is 2. The van der Waals surface area contributed by atoms with Gasteiger partial charge in [0.05, 0.1) is 18.5 Å². The Bertz CT molecular complexity index is 1960. The van der Waals surface area contributed by atoms with Crippen LogP contribution in [0.4, 0.5) is 11.4 Å². The molecule has 0 unspecified atom stereocenters. The summed E-state index contributed by atoms with van der Waals surface area (Å²) >= 11 is 0. The maximum Gasteiger partial charge on any atom is 0.349 e. The number of fused-ring (bicyclic) bond motifs is 1. The minimum atomic E-state index is -0.824. The summed E-state index contributed by atoms with van der Waals surface area (Å²) in [5.74, 6) is -3.24. The monoisotopic (exact) mass is 638 g/mol. The third kappa shape index (κ3) is 5.83. The summed E-state index contributed by atoms with van der Waals surface area (Å²) in [6, 6.07) is 9.23. The molecule has 2 N–H and O–H groups in total. The summed E-state index contributed by atoms with van der Waals surface area (Å²) in [5.41, 5.74) is -0.365. The van der Waals surface area contributed by atoms with Gasteiger partial charge in [-0.1, -0.05) is 12.8 Å². The van der Waals surface area contributed by atoms with Gasteiger partial charge in [0, 0.05) is 52.4 Å². The fourth-order valence-corrected chi connectivity index (χ4v) is 6.00. The van der Waals surface area contributed by atoms with Crippen molar-refractivity contribution < 1.29 is 37.9 Å². The maximum atomic E-state index is 13.8. The molecule has 3 aliphatic rings. The highest BCUT2D eigenvalue weighted by molar-refractivity contribution is 6.32. The summed E-state index contributed by atoms with van der Waals surface area (Å²) in [6.45, 7) is 2.96. The SMILES string of the molecule is COc1ccc2cc(C(=O)N[C@@H]3CCCC[C@@H]3NC(=O)c3cc(N4C(=O)C=C(C)C4=O)cc(N4C(=O)C=C(C)C4=O)c3)c(=O)oc2c1. The summed E-state index contributed by atoms with van der Waals surface area (Å²) in [5, 5.41) is 6.32. The van der Waals surface area contributed by atoms with Gasteiger partial charge >= 0.3 is 5.63 Å². The minimum absolute atomic E-state index is 0.00930. The fourth-order valence-electron chi connectivity index (χ4n) is 6.00. The molecule has 1 aliphatic carbocycles. The van der Waals surface area contributed by atoms with Crippen molar-refractivity contribution in [1.82, 2.24) is 10.6 Å². The Morgan fingerprint density at radius 2 is 1.32 bits per heavy atom. The topological polar surface area (TPSA) is 172 Å². The number of nitrogens with zero attached hydrogens (tertiary/aromatic N) is 2. The van der Waals surface area contributed by atoms with Crippen LogP contribution in [0.2, 0.25) is 0 Å². The number of ether oxygens (including phenoxy) is 1. The van der Waals surface area contributed by atoms with Gasteiger partial charge in [-0.2, -0.15) is 0 Å². The molecule has 1 fully saturated rings. The zero-order valence-corrected chi connectivity index (χ0v) is 25.7. The van der Waals surface area contributed by atoms with E-state index in [-0.39, 0.29) is 39.2 Å². The first kappa shape index (κ1) is 31.1. The van der Waals surface area contributed by atoms with E-state index in [1.54, 1.807) is 18.2 Å². The largest absolute Gasteiger partial charge is 0.497 e. The summed E-state index contributed by atoms with van der Waals surface area (Å²) in [4.78, 5) is 92.5. The average molecular weight is 639 g/mol. The first-order valence-electron chi connectivity index (χ1n) is 15.0. The Hall–Kier alpha value is -5.85. The van der Waals surface area contributed by atoms with Crippen molar-refractivity contribution in [2.24, 2.45) is 0 Å². The van der Waals surface area contributed by atoms with E-state index in [1.807, 2.05) is 0 Å². The predicted octanol–water partition coefficient (Wildman–Crippen LogP) is 2.91. The van der Waals surface area contributed by atoms with Gasteiger partial charge in [-0.25, -0.2) is 14.6 Å². The molecule has 2 aliphatic heterocycles. The average Bonchev–Trinajstić information content (AvgIpc) is 3.46. The van der Waals surface area contributed by atoms with Gasteiger partial charge in [0.1, 0.15) is 16.9 Å². The van der Waals surface area contributed by atoms with E-state index in [9.17, 15) is 33.6 Å². The van der Waals surface area contributed by atoms with Crippen molar-refractivity contribution in [1.29, 1.82) is 0 Å². The Morgan fingerprint density at radius 1 is 0.766 bits per heavy atom. The highest BCUT2D eigenvalue weighted by atomic mass is 16.5. The van der Waals surface area contributed by atoms with E-state index < -0.39 is 53.2 Å². The zero-order chi connectivity index (χ0) is 33.6. The summed E-state index contributed by atoms with van der Waals surface area (Å²) in [7, 11) is 1.48. The maximum absolute atomic E-state index is 13.8. The van der Waals surface area contributed by atoms with Crippen LogP contribution in [0.25, 0.3) is 11.0 Å². The molecule has 13 heteroatoms. The number of anilines is 2. The van der Waals surface area contributed by atoms with Crippen LogP contribution in [-0.2, 0) is 19.2 Å². The van der Waals surface area contributed by atoms with Crippen molar-refractivity contribution in [2.75, 3.05) is 16.9 Å². The van der Waals surface area contributed by atoms with Gasteiger partial charge in [-0.3, -0.25) is 28.8 Å². The van der Waals surface area contributed by atoms with Crippen LogP contribution in [-0.4, -0.2) is 54.6 Å². The quantitative estimate of drug-likeness (QED) is 0.292. The van der Waals surface area contributed by atoms with Crippen molar-refractivity contribution in [2.45, 2.75) is 51.6 Å². The second-order valence-corrected chi connectivity index (χ2v) is 11.6. The normalized spacial score (nSPS) is 19.6. The van der Waals surface area contributed by atoms with Crippen LogP contribution in [0.15, 0.2) is 75.0 Å². The molecule has 1 saturated carbocycles. The molecule has 1 aromatic heterocycles. The summed E-state index contributed by atoms with van der Waals surface area (Å²) < 4.78 is 10.5. The molecule has 3 heterocycles. The van der Waals surface area contributed by atoms with Crippen LogP contribution in [0.1, 0.15) is 60.2 Å². The molecule has 240 valence electrons. The smallest absolute Gasteiger partial charge is 0.349 e. The molecule has 0 saturated heterocycles. The van der Waals surface area contributed by atoms with Gasteiger partial charge in [0.25, 0.3) is 35.4 Å². The van der Waals surface area contributed by atoms with Crippen molar-refractivity contribution in [3.05, 3.63) is 87.3 Å². The van der Waals surface area contributed by atoms with Crippen molar-refractivity contribution in [3.63, 3.8) is 0 Å². The van der Waals surface area contributed by atoms with Gasteiger partial charge < -0.3 is 19.8 Å². The van der Waals surface area contributed by atoms with Crippen LogP contribution in [0.3, 0.4) is 0 Å². The van der Waals surface area contributed by atoms with Gasteiger partial charge in [0.2, 0.25) is 0 Å². The molecular weight excluding hydrogens is 608 g/mol. The third-order valence-corrected chi connectivity index (χ3v) is 8.47. The number of carbonyl (C=O) groups is 6. The number of hydrogen-bond donors (Lipinski definition) is 2. The van der Waals surface area contributed by atoms with Crippen LogP contribution < -0.4 is 30.8 Å². The Labute approximate surface area is 267 Å². The summed E-state index contributed by atoms with van der Waals surface area (Å²) in [6.07, 6.45) is 4.87. The lowest BCUT2D eigenvalue weighted by Gasteiger charge is -2.33. The lowest BCUT2D eigenvalue weighted by atomic mass is 9.89. The van der Waals surface area contributed by atoms with E-state index >= 15 is 0 Å². The number of amides is 6. The Morgan fingerprint density at radius 3 is 1.83 bits per heavy atom.